The third-order valence-corrected chi connectivity index (χ3v) is 2.21. The van der Waals surface area contributed by atoms with Crippen molar-refractivity contribution in [3.63, 3.8) is 0 Å². The van der Waals surface area contributed by atoms with Crippen molar-refractivity contribution in [1.29, 1.82) is 0 Å². The minimum absolute atomic E-state index is 0.459. The van der Waals surface area contributed by atoms with Gasteiger partial charge >= 0.3 is 0 Å². The van der Waals surface area contributed by atoms with E-state index >= 15 is 0 Å². The second kappa shape index (κ2) is 6.32. The Hall–Kier alpha value is -1.30. The number of methoxy groups -OCH3 is 1. The Balaban J connectivity index is 2.46. The SMILES string of the molecule is COCCNc1nc(N)n(CCC(C)C)n1. The maximum Gasteiger partial charge on any atom is 0.244 e. The number of anilines is 2. The molecule has 0 aromatic carbocycles. The molecule has 0 radical (unpaired) electrons. The lowest BCUT2D eigenvalue weighted by molar-refractivity contribution is 0.210. The number of aryl methyl sites for hydroxylation is 1. The van der Waals surface area contributed by atoms with Crippen molar-refractivity contribution in [2.75, 3.05) is 31.3 Å². The summed E-state index contributed by atoms with van der Waals surface area (Å²) in [5, 5.41) is 7.31. The molecule has 3 N–H and O–H groups in total. The number of rotatable bonds is 7. The van der Waals surface area contributed by atoms with E-state index in [1.165, 1.54) is 0 Å². The third-order valence-electron chi connectivity index (χ3n) is 2.21. The molecule has 6 nitrogen and oxygen atoms in total. The molecular weight excluding hydrogens is 206 g/mol. The number of nitrogen functional groups attached to an aromatic ring is 1. The number of aromatic nitrogens is 3. The largest absolute Gasteiger partial charge is 0.383 e. The lowest BCUT2D eigenvalue weighted by Crippen LogP contribution is -2.10. The summed E-state index contributed by atoms with van der Waals surface area (Å²) in [6, 6.07) is 0. The van der Waals surface area contributed by atoms with Gasteiger partial charge < -0.3 is 15.8 Å². The molecule has 0 saturated carbocycles. The summed E-state index contributed by atoms with van der Waals surface area (Å²) in [7, 11) is 1.66. The third kappa shape index (κ3) is 4.06. The van der Waals surface area contributed by atoms with Gasteiger partial charge in [0.25, 0.3) is 0 Å². The monoisotopic (exact) mass is 227 g/mol. The first-order chi connectivity index (χ1) is 7.63. The Kier molecular flexibility index (Phi) is 5.04. The molecule has 0 amide bonds. The molecule has 0 unspecified atom stereocenters. The highest BCUT2D eigenvalue weighted by atomic mass is 16.5. The van der Waals surface area contributed by atoms with Gasteiger partial charge in [0.15, 0.2) is 0 Å². The average Bonchev–Trinajstić information content (AvgIpc) is 2.57. The van der Waals surface area contributed by atoms with Crippen molar-refractivity contribution < 1.29 is 4.74 Å². The highest BCUT2D eigenvalue weighted by Gasteiger charge is 2.06. The summed E-state index contributed by atoms with van der Waals surface area (Å²) in [6.45, 7) is 6.46. The first-order valence-electron chi connectivity index (χ1n) is 5.56. The molecule has 6 heteroatoms. The Morgan fingerprint density at radius 3 is 2.88 bits per heavy atom. The topological polar surface area (TPSA) is 78.0 Å². The van der Waals surface area contributed by atoms with Crippen molar-refractivity contribution in [3.8, 4) is 0 Å². The van der Waals surface area contributed by atoms with E-state index in [1.54, 1.807) is 11.8 Å². The molecule has 0 bridgehead atoms. The van der Waals surface area contributed by atoms with Crippen LogP contribution < -0.4 is 11.1 Å². The van der Waals surface area contributed by atoms with E-state index in [2.05, 4.69) is 29.2 Å². The summed E-state index contributed by atoms with van der Waals surface area (Å²) < 4.78 is 6.65. The van der Waals surface area contributed by atoms with Crippen LogP contribution in [-0.2, 0) is 11.3 Å². The molecule has 0 fully saturated rings. The molecule has 0 aliphatic rings. The molecular formula is C10H21N5O. The predicted octanol–water partition coefficient (Wildman–Crippen LogP) is 0.965. The molecule has 16 heavy (non-hydrogen) atoms. The van der Waals surface area contributed by atoms with Crippen LogP contribution in [0.4, 0.5) is 11.9 Å². The molecule has 1 aromatic heterocycles. The molecule has 0 aliphatic heterocycles. The number of nitrogens with one attached hydrogen (secondary N) is 1. The van der Waals surface area contributed by atoms with Gasteiger partial charge in [0.1, 0.15) is 0 Å². The van der Waals surface area contributed by atoms with Crippen molar-refractivity contribution in [3.05, 3.63) is 0 Å². The van der Waals surface area contributed by atoms with E-state index in [-0.39, 0.29) is 0 Å². The second-order valence-electron chi connectivity index (χ2n) is 4.12. The van der Waals surface area contributed by atoms with Gasteiger partial charge in [0.2, 0.25) is 11.9 Å². The van der Waals surface area contributed by atoms with E-state index in [0.29, 0.717) is 31.0 Å². The fraction of sp³-hybridized carbons (Fsp3) is 0.800. The zero-order valence-electron chi connectivity index (χ0n) is 10.2. The van der Waals surface area contributed by atoms with Crippen LogP contribution in [0.3, 0.4) is 0 Å². The molecule has 92 valence electrons. The molecule has 0 atom stereocenters. The molecule has 1 rings (SSSR count). The minimum Gasteiger partial charge on any atom is -0.383 e. The van der Waals surface area contributed by atoms with Gasteiger partial charge in [-0.2, -0.15) is 4.98 Å². The quantitative estimate of drug-likeness (QED) is 0.678. The number of nitrogens with two attached hydrogens (primary N) is 1. The fourth-order valence-corrected chi connectivity index (χ4v) is 1.24. The van der Waals surface area contributed by atoms with Gasteiger partial charge in [-0.3, -0.25) is 0 Å². The predicted molar refractivity (Wildman–Crippen MR) is 64.3 cm³/mol. The summed E-state index contributed by atoms with van der Waals surface area (Å²) >= 11 is 0. The van der Waals surface area contributed by atoms with Crippen LogP contribution in [-0.4, -0.2) is 35.0 Å². The van der Waals surface area contributed by atoms with Crippen LogP contribution in [0.1, 0.15) is 20.3 Å². The van der Waals surface area contributed by atoms with E-state index in [9.17, 15) is 0 Å². The second-order valence-corrected chi connectivity index (χ2v) is 4.12. The summed E-state index contributed by atoms with van der Waals surface area (Å²) in [5.74, 6) is 1.66. The fourth-order valence-electron chi connectivity index (χ4n) is 1.24. The smallest absolute Gasteiger partial charge is 0.244 e. The lowest BCUT2D eigenvalue weighted by Gasteiger charge is -2.04. The number of hydrogen-bond donors (Lipinski definition) is 2. The van der Waals surface area contributed by atoms with Gasteiger partial charge in [-0.15, -0.1) is 5.10 Å². The van der Waals surface area contributed by atoms with Crippen LogP contribution in [0, 0.1) is 5.92 Å². The molecule has 0 saturated heterocycles. The van der Waals surface area contributed by atoms with E-state index in [0.717, 1.165) is 13.0 Å². The maximum absolute atomic E-state index is 5.75. The number of nitrogens with zero attached hydrogens (tertiary/aromatic N) is 3. The van der Waals surface area contributed by atoms with Gasteiger partial charge in [-0.25, -0.2) is 4.68 Å². The van der Waals surface area contributed by atoms with Gasteiger partial charge in [0, 0.05) is 20.2 Å². The van der Waals surface area contributed by atoms with Crippen LogP contribution in [0.2, 0.25) is 0 Å². The first kappa shape index (κ1) is 12.8. The molecule has 1 aromatic rings. The molecule has 0 spiro atoms. The van der Waals surface area contributed by atoms with E-state index in [1.807, 2.05) is 0 Å². The van der Waals surface area contributed by atoms with Gasteiger partial charge in [0.05, 0.1) is 6.61 Å². The van der Waals surface area contributed by atoms with Crippen LogP contribution >= 0.6 is 0 Å². The first-order valence-corrected chi connectivity index (χ1v) is 5.56. The van der Waals surface area contributed by atoms with Crippen molar-refractivity contribution in [2.24, 2.45) is 5.92 Å². The normalized spacial score (nSPS) is 11.0. The summed E-state index contributed by atoms with van der Waals surface area (Å²) in [5.41, 5.74) is 5.75. The maximum atomic E-state index is 5.75. The highest BCUT2D eigenvalue weighted by molar-refractivity contribution is 5.31. The average molecular weight is 227 g/mol. The van der Waals surface area contributed by atoms with Crippen LogP contribution in [0.5, 0.6) is 0 Å². The Morgan fingerprint density at radius 2 is 2.25 bits per heavy atom. The van der Waals surface area contributed by atoms with Gasteiger partial charge in [-0.05, 0) is 12.3 Å². The summed E-state index contributed by atoms with van der Waals surface area (Å²) in [4.78, 5) is 4.12. The lowest BCUT2D eigenvalue weighted by atomic mass is 10.1. The molecule has 0 aliphatic carbocycles. The van der Waals surface area contributed by atoms with Crippen LogP contribution in [0.15, 0.2) is 0 Å². The zero-order valence-corrected chi connectivity index (χ0v) is 10.2. The van der Waals surface area contributed by atoms with Crippen molar-refractivity contribution in [2.45, 2.75) is 26.8 Å². The standard InChI is InChI=1S/C10H21N5O/c1-8(2)4-6-15-9(11)13-10(14-15)12-5-7-16-3/h8H,4-7H2,1-3H3,(H3,11,12,13,14). The van der Waals surface area contributed by atoms with Gasteiger partial charge in [-0.1, -0.05) is 13.8 Å². The Labute approximate surface area is 96.2 Å². The van der Waals surface area contributed by atoms with Crippen LogP contribution in [0.25, 0.3) is 0 Å². The number of ether oxygens (including phenoxy) is 1. The van der Waals surface area contributed by atoms with E-state index in [4.69, 9.17) is 10.5 Å². The van der Waals surface area contributed by atoms with E-state index < -0.39 is 0 Å². The Morgan fingerprint density at radius 1 is 1.50 bits per heavy atom. The summed E-state index contributed by atoms with van der Waals surface area (Å²) in [6.07, 6.45) is 1.05. The Bertz CT molecular complexity index is 310. The molecule has 1 heterocycles. The minimum atomic E-state index is 0.459. The van der Waals surface area contributed by atoms with Crippen molar-refractivity contribution in [1.82, 2.24) is 14.8 Å². The van der Waals surface area contributed by atoms with Crippen molar-refractivity contribution >= 4 is 11.9 Å². The zero-order chi connectivity index (χ0) is 12.0. The highest BCUT2D eigenvalue weighted by Crippen LogP contribution is 2.08. The number of hydrogen-bond acceptors (Lipinski definition) is 5.